The molecule has 2 N–H and O–H groups in total. The number of benzene rings is 1. The third kappa shape index (κ3) is 6.52. The standard InChI is InChI=1S/C15H22FNO3/c1-15(2,11-18)8-3-9-17-14(19)10-20-13-6-4-12(16)5-7-13/h4-7,18H,3,8-11H2,1-2H3,(H,17,19). The van der Waals surface area contributed by atoms with Gasteiger partial charge in [0.05, 0.1) is 0 Å². The number of carbonyl (C=O) groups is 1. The predicted octanol–water partition coefficient (Wildman–Crippen LogP) is 2.12. The van der Waals surface area contributed by atoms with Gasteiger partial charge in [-0.2, -0.15) is 0 Å². The van der Waals surface area contributed by atoms with Gasteiger partial charge in [0.2, 0.25) is 0 Å². The van der Waals surface area contributed by atoms with E-state index in [1.54, 1.807) is 0 Å². The first kappa shape index (κ1) is 16.4. The van der Waals surface area contributed by atoms with Crippen molar-refractivity contribution >= 4 is 5.91 Å². The number of carbonyl (C=O) groups excluding carboxylic acids is 1. The quantitative estimate of drug-likeness (QED) is 0.718. The van der Waals surface area contributed by atoms with Crippen LogP contribution in [-0.4, -0.2) is 30.8 Å². The predicted molar refractivity (Wildman–Crippen MR) is 75.0 cm³/mol. The van der Waals surface area contributed by atoms with E-state index in [0.717, 1.165) is 12.8 Å². The van der Waals surface area contributed by atoms with Gasteiger partial charge < -0.3 is 15.2 Å². The van der Waals surface area contributed by atoms with E-state index >= 15 is 0 Å². The molecule has 4 nitrogen and oxygen atoms in total. The highest BCUT2D eigenvalue weighted by Crippen LogP contribution is 2.20. The van der Waals surface area contributed by atoms with Crippen LogP contribution in [0, 0.1) is 11.2 Å². The molecule has 0 unspecified atom stereocenters. The highest BCUT2D eigenvalue weighted by Gasteiger charge is 2.15. The fraction of sp³-hybridized carbons (Fsp3) is 0.533. The number of amides is 1. The Morgan fingerprint density at radius 2 is 2.00 bits per heavy atom. The summed E-state index contributed by atoms with van der Waals surface area (Å²) in [5.74, 6) is -0.0904. The van der Waals surface area contributed by atoms with Crippen LogP contribution >= 0.6 is 0 Å². The van der Waals surface area contributed by atoms with Gasteiger partial charge in [-0.15, -0.1) is 0 Å². The largest absolute Gasteiger partial charge is 0.484 e. The molecule has 1 amide bonds. The van der Waals surface area contributed by atoms with Gasteiger partial charge >= 0.3 is 0 Å². The molecular formula is C15H22FNO3. The SMILES string of the molecule is CC(C)(CO)CCCNC(=O)COc1ccc(F)cc1. The van der Waals surface area contributed by atoms with Crippen LogP contribution in [0.4, 0.5) is 4.39 Å². The molecule has 0 atom stereocenters. The van der Waals surface area contributed by atoms with Crippen molar-refractivity contribution in [3.63, 3.8) is 0 Å². The van der Waals surface area contributed by atoms with Crippen molar-refractivity contribution in [3.05, 3.63) is 30.1 Å². The van der Waals surface area contributed by atoms with Gasteiger partial charge in [-0.1, -0.05) is 13.8 Å². The summed E-state index contributed by atoms with van der Waals surface area (Å²) in [6, 6.07) is 5.52. The summed E-state index contributed by atoms with van der Waals surface area (Å²) in [4.78, 5) is 11.5. The summed E-state index contributed by atoms with van der Waals surface area (Å²) in [5, 5.41) is 11.8. The number of ether oxygens (including phenoxy) is 1. The monoisotopic (exact) mass is 283 g/mol. The highest BCUT2D eigenvalue weighted by molar-refractivity contribution is 5.77. The Bertz CT molecular complexity index is 418. The molecule has 0 spiro atoms. The molecule has 1 aromatic rings. The summed E-state index contributed by atoms with van der Waals surface area (Å²) in [5.41, 5.74) is -0.116. The first-order valence-electron chi connectivity index (χ1n) is 6.69. The van der Waals surface area contributed by atoms with Crippen LogP contribution in [0.5, 0.6) is 5.75 Å². The van der Waals surface area contributed by atoms with Crippen LogP contribution in [-0.2, 0) is 4.79 Å². The molecule has 0 heterocycles. The van der Waals surface area contributed by atoms with Crippen LogP contribution in [0.2, 0.25) is 0 Å². The normalized spacial score (nSPS) is 11.2. The lowest BCUT2D eigenvalue weighted by Gasteiger charge is -2.21. The minimum atomic E-state index is -0.340. The number of aliphatic hydroxyl groups is 1. The van der Waals surface area contributed by atoms with Crippen molar-refractivity contribution in [3.8, 4) is 5.75 Å². The topological polar surface area (TPSA) is 58.6 Å². The lowest BCUT2D eigenvalue weighted by molar-refractivity contribution is -0.123. The van der Waals surface area contributed by atoms with Gasteiger partial charge in [0.1, 0.15) is 11.6 Å². The summed E-state index contributed by atoms with van der Waals surface area (Å²) in [6.45, 7) is 4.55. The first-order valence-corrected chi connectivity index (χ1v) is 6.69. The zero-order chi connectivity index (χ0) is 15.0. The van der Waals surface area contributed by atoms with Crippen molar-refractivity contribution in [2.45, 2.75) is 26.7 Å². The number of aliphatic hydroxyl groups excluding tert-OH is 1. The average Bonchev–Trinajstić information content (AvgIpc) is 2.43. The average molecular weight is 283 g/mol. The molecule has 5 heteroatoms. The van der Waals surface area contributed by atoms with Crippen LogP contribution in [0.1, 0.15) is 26.7 Å². The third-order valence-electron chi connectivity index (χ3n) is 2.96. The summed E-state index contributed by atoms with van der Waals surface area (Å²) in [7, 11) is 0. The van der Waals surface area contributed by atoms with Crippen molar-refractivity contribution in [1.82, 2.24) is 5.32 Å². The lowest BCUT2D eigenvalue weighted by Crippen LogP contribution is -2.30. The molecule has 0 aliphatic heterocycles. The second-order valence-electron chi connectivity index (χ2n) is 5.52. The molecule has 20 heavy (non-hydrogen) atoms. The number of nitrogens with one attached hydrogen (secondary N) is 1. The smallest absolute Gasteiger partial charge is 0.257 e. The van der Waals surface area contributed by atoms with Crippen LogP contribution in [0.15, 0.2) is 24.3 Å². The van der Waals surface area contributed by atoms with Gasteiger partial charge in [0.15, 0.2) is 6.61 Å². The first-order chi connectivity index (χ1) is 9.43. The Balaban J connectivity index is 2.16. The number of halogens is 1. The van der Waals surface area contributed by atoms with E-state index in [9.17, 15) is 9.18 Å². The molecule has 0 radical (unpaired) electrons. The lowest BCUT2D eigenvalue weighted by atomic mass is 9.89. The summed E-state index contributed by atoms with van der Waals surface area (Å²) >= 11 is 0. The van der Waals surface area contributed by atoms with E-state index < -0.39 is 0 Å². The highest BCUT2D eigenvalue weighted by atomic mass is 19.1. The van der Waals surface area contributed by atoms with Gasteiger partial charge in [-0.25, -0.2) is 4.39 Å². The maximum atomic E-state index is 12.7. The fourth-order valence-corrected chi connectivity index (χ4v) is 1.60. The van der Waals surface area contributed by atoms with Gasteiger partial charge in [0, 0.05) is 13.2 Å². The molecule has 0 aliphatic carbocycles. The van der Waals surface area contributed by atoms with E-state index in [1.807, 2.05) is 13.8 Å². The van der Waals surface area contributed by atoms with Crippen molar-refractivity contribution < 1.29 is 19.0 Å². The zero-order valence-corrected chi connectivity index (χ0v) is 12.0. The molecule has 0 bridgehead atoms. The minimum absolute atomic E-state index is 0.0883. The minimum Gasteiger partial charge on any atom is -0.484 e. The maximum Gasteiger partial charge on any atom is 0.257 e. The fourth-order valence-electron chi connectivity index (χ4n) is 1.60. The molecule has 0 aliphatic rings. The molecule has 1 rings (SSSR count). The zero-order valence-electron chi connectivity index (χ0n) is 12.0. The summed E-state index contributed by atoms with van der Waals surface area (Å²) < 4.78 is 17.9. The molecule has 0 fully saturated rings. The number of hydrogen-bond donors (Lipinski definition) is 2. The van der Waals surface area contributed by atoms with Gasteiger partial charge in [-0.3, -0.25) is 4.79 Å². The Kier molecular flexibility index (Phi) is 6.45. The van der Waals surface area contributed by atoms with E-state index in [1.165, 1.54) is 24.3 Å². The van der Waals surface area contributed by atoms with Gasteiger partial charge in [0.25, 0.3) is 5.91 Å². The van der Waals surface area contributed by atoms with E-state index in [2.05, 4.69) is 5.32 Å². The Hall–Kier alpha value is -1.62. The van der Waals surface area contributed by atoms with Crippen LogP contribution in [0.3, 0.4) is 0 Å². The van der Waals surface area contributed by atoms with Crippen LogP contribution in [0.25, 0.3) is 0 Å². The number of rotatable bonds is 8. The Morgan fingerprint density at radius 3 is 2.60 bits per heavy atom. The van der Waals surface area contributed by atoms with E-state index in [0.29, 0.717) is 12.3 Å². The van der Waals surface area contributed by atoms with Gasteiger partial charge in [-0.05, 0) is 42.5 Å². The molecule has 0 saturated heterocycles. The van der Waals surface area contributed by atoms with Crippen LogP contribution < -0.4 is 10.1 Å². The molecule has 0 saturated carbocycles. The van der Waals surface area contributed by atoms with E-state index in [4.69, 9.17) is 9.84 Å². The number of hydrogen-bond acceptors (Lipinski definition) is 3. The molecule has 0 aromatic heterocycles. The molecule has 1 aromatic carbocycles. The van der Waals surface area contributed by atoms with Crippen molar-refractivity contribution in [2.24, 2.45) is 5.41 Å². The second kappa shape index (κ2) is 7.85. The third-order valence-corrected chi connectivity index (χ3v) is 2.96. The second-order valence-corrected chi connectivity index (χ2v) is 5.52. The Labute approximate surface area is 119 Å². The molecular weight excluding hydrogens is 261 g/mol. The van der Waals surface area contributed by atoms with Crippen molar-refractivity contribution in [1.29, 1.82) is 0 Å². The summed E-state index contributed by atoms with van der Waals surface area (Å²) in [6.07, 6.45) is 1.64. The maximum absolute atomic E-state index is 12.7. The van der Waals surface area contributed by atoms with E-state index in [-0.39, 0.29) is 30.4 Å². The van der Waals surface area contributed by atoms with Crippen molar-refractivity contribution in [2.75, 3.05) is 19.8 Å². The Morgan fingerprint density at radius 1 is 1.35 bits per heavy atom. The molecule has 112 valence electrons.